The molecule has 0 aliphatic heterocycles. The van der Waals surface area contributed by atoms with Gasteiger partial charge in [-0.1, -0.05) is 6.07 Å². The fraction of sp³-hybridized carbons (Fsp3) is 0.143. The zero-order chi connectivity index (χ0) is 15.0. The van der Waals surface area contributed by atoms with Crippen molar-refractivity contribution in [1.82, 2.24) is 9.78 Å². The third kappa shape index (κ3) is 2.66. The predicted octanol–water partition coefficient (Wildman–Crippen LogP) is 3.76. The minimum atomic E-state index is -1.02. The highest BCUT2D eigenvalue weighted by molar-refractivity contribution is 7.98. The Labute approximate surface area is 128 Å². The molecule has 2 heterocycles. The number of hydrogen-bond donors (Lipinski definition) is 1. The van der Waals surface area contributed by atoms with E-state index in [1.54, 1.807) is 23.0 Å². The molecule has 0 aliphatic rings. The van der Waals surface area contributed by atoms with E-state index in [-0.39, 0.29) is 10.7 Å². The molecular weight excluding hydrogens is 311 g/mol. The molecule has 0 bridgehead atoms. The molecule has 7 heteroatoms. The Bertz CT molecular complexity index is 826. The van der Waals surface area contributed by atoms with Crippen LogP contribution < -0.4 is 0 Å². The molecule has 0 saturated carbocycles. The highest BCUT2D eigenvalue weighted by Gasteiger charge is 2.20. The lowest BCUT2D eigenvalue weighted by atomic mass is 10.1. The number of hydrogen-bond acceptors (Lipinski definition) is 4. The molecule has 0 amide bonds. The van der Waals surface area contributed by atoms with E-state index < -0.39 is 5.97 Å². The Morgan fingerprint density at radius 1 is 1.52 bits per heavy atom. The maximum atomic E-state index is 14.0. The zero-order valence-corrected chi connectivity index (χ0v) is 12.7. The van der Waals surface area contributed by atoms with Crippen LogP contribution in [0.3, 0.4) is 0 Å². The van der Waals surface area contributed by atoms with Gasteiger partial charge >= 0.3 is 5.97 Å². The van der Waals surface area contributed by atoms with Gasteiger partial charge < -0.3 is 5.11 Å². The predicted molar refractivity (Wildman–Crippen MR) is 81.5 cm³/mol. The topological polar surface area (TPSA) is 55.1 Å². The van der Waals surface area contributed by atoms with Gasteiger partial charge in [0.2, 0.25) is 0 Å². The summed E-state index contributed by atoms with van der Waals surface area (Å²) in [7, 11) is 1.81. The SMILES string of the molecule is Cn1cc(SCc2c(C(=O)O)sc3cccc(F)c23)cn1. The lowest BCUT2D eigenvalue weighted by molar-refractivity contribution is 0.0701. The molecule has 0 fully saturated rings. The van der Waals surface area contributed by atoms with Crippen LogP contribution in [-0.4, -0.2) is 20.9 Å². The lowest BCUT2D eigenvalue weighted by Crippen LogP contribution is -1.97. The van der Waals surface area contributed by atoms with E-state index in [1.807, 2.05) is 13.2 Å². The van der Waals surface area contributed by atoms with Crippen LogP contribution in [-0.2, 0) is 12.8 Å². The highest BCUT2D eigenvalue weighted by atomic mass is 32.2. The van der Waals surface area contributed by atoms with Crippen molar-refractivity contribution in [3.8, 4) is 0 Å². The van der Waals surface area contributed by atoms with Gasteiger partial charge in [0, 0.05) is 34.0 Å². The summed E-state index contributed by atoms with van der Waals surface area (Å²) in [6.07, 6.45) is 3.55. The van der Waals surface area contributed by atoms with Crippen molar-refractivity contribution in [3.63, 3.8) is 0 Å². The van der Waals surface area contributed by atoms with Crippen LogP contribution in [0.4, 0.5) is 4.39 Å². The van der Waals surface area contributed by atoms with Gasteiger partial charge in [0.25, 0.3) is 0 Å². The molecular formula is C14H11FN2O2S2. The number of carboxylic acid groups (broad SMARTS) is 1. The number of aromatic nitrogens is 2. The van der Waals surface area contributed by atoms with Crippen molar-refractivity contribution in [1.29, 1.82) is 0 Å². The summed E-state index contributed by atoms with van der Waals surface area (Å²) in [6.45, 7) is 0. The lowest BCUT2D eigenvalue weighted by Gasteiger charge is -2.01. The van der Waals surface area contributed by atoms with Crippen LogP contribution >= 0.6 is 23.1 Å². The van der Waals surface area contributed by atoms with Gasteiger partial charge in [-0.05, 0) is 17.7 Å². The van der Waals surface area contributed by atoms with Crippen LogP contribution in [0.1, 0.15) is 15.2 Å². The van der Waals surface area contributed by atoms with Gasteiger partial charge in [-0.25, -0.2) is 9.18 Å². The second-order valence-electron chi connectivity index (χ2n) is 4.47. The van der Waals surface area contributed by atoms with Crippen molar-refractivity contribution in [2.45, 2.75) is 10.6 Å². The van der Waals surface area contributed by atoms with Crippen molar-refractivity contribution in [2.24, 2.45) is 7.05 Å². The molecule has 1 aromatic carbocycles. The van der Waals surface area contributed by atoms with Crippen LogP contribution in [0.2, 0.25) is 0 Å². The second-order valence-corrected chi connectivity index (χ2v) is 6.57. The average molecular weight is 322 g/mol. The summed E-state index contributed by atoms with van der Waals surface area (Å²) >= 11 is 2.56. The highest BCUT2D eigenvalue weighted by Crippen LogP contribution is 2.36. The van der Waals surface area contributed by atoms with Crippen molar-refractivity contribution >= 4 is 39.2 Å². The minimum absolute atomic E-state index is 0.200. The fourth-order valence-electron chi connectivity index (χ4n) is 2.11. The Kier molecular flexibility index (Phi) is 3.69. The van der Waals surface area contributed by atoms with Crippen molar-refractivity contribution in [2.75, 3.05) is 0 Å². The van der Waals surface area contributed by atoms with Crippen LogP contribution in [0.5, 0.6) is 0 Å². The molecule has 3 aromatic rings. The monoisotopic (exact) mass is 322 g/mol. The molecule has 108 valence electrons. The Hall–Kier alpha value is -1.86. The van der Waals surface area contributed by atoms with E-state index in [0.717, 1.165) is 16.2 Å². The molecule has 21 heavy (non-hydrogen) atoms. The van der Waals surface area contributed by atoms with Gasteiger partial charge in [-0.2, -0.15) is 5.10 Å². The molecule has 2 aromatic heterocycles. The molecule has 4 nitrogen and oxygen atoms in total. The number of aryl methyl sites for hydroxylation is 1. The molecule has 0 atom stereocenters. The second kappa shape index (κ2) is 5.50. The van der Waals surface area contributed by atoms with Crippen LogP contribution in [0, 0.1) is 5.82 Å². The maximum Gasteiger partial charge on any atom is 0.346 e. The first-order valence-electron chi connectivity index (χ1n) is 6.11. The van der Waals surface area contributed by atoms with E-state index in [4.69, 9.17) is 0 Å². The Morgan fingerprint density at radius 3 is 3.00 bits per heavy atom. The summed E-state index contributed by atoms with van der Waals surface area (Å²) < 4.78 is 16.4. The number of rotatable bonds is 4. The number of halogens is 1. The van der Waals surface area contributed by atoms with Crippen molar-refractivity contribution < 1.29 is 14.3 Å². The number of thiophene rings is 1. The van der Waals surface area contributed by atoms with E-state index >= 15 is 0 Å². The summed E-state index contributed by atoms with van der Waals surface area (Å²) in [6, 6.07) is 4.70. The number of fused-ring (bicyclic) bond motifs is 1. The van der Waals surface area contributed by atoms with E-state index in [9.17, 15) is 14.3 Å². The minimum Gasteiger partial charge on any atom is -0.477 e. The maximum absolute atomic E-state index is 14.0. The summed E-state index contributed by atoms with van der Waals surface area (Å²) in [5.74, 6) is -0.996. The molecule has 1 N–H and O–H groups in total. The Balaban J connectivity index is 2.02. The van der Waals surface area contributed by atoms with E-state index in [2.05, 4.69) is 5.10 Å². The molecule has 0 saturated heterocycles. The first kappa shape index (κ1) is 14.1. The van der Waals surface area contributed by atoms with E-state index in [0.29, 0.717) is 21.4 Å². The number of carbonyl (C=O) groups is 1. The number of carboxylic acids is 1. The number of aromatic carboxylic acids is 1. The van der Waals surface area contributed by atoms with Crippen molar-refractivity contribution in [3.05, 3.63) is 46.9 Å². The number of nitrogens with zero attached hydrogens (tertiary/aromatic N) is 2. The quantitative estimate of drug-likeness (QED) is 0.743. The molecule has 3 rings (SSSR count). The molecule has 0 unspecified atom stereocenters. The first-order valence-corrected chi connectivity index (χ1v) is 7.91. The molecule has 0 aliphatic carbocycles. The molecule has 0 radical (unpaired) electrons. The third-order valence-corrected chi connectivity index (χ3v) is 5.18. The van der Waals surface area contributed by atoms with Crippen LogP contribution in [0.25, 0.3) is 10.1 Å². The fourth-order valence-corrected chi connectivity index (χ4v) is 4.22. The number of thioether (sulfide) groups is 1. The van der Waals surface area contributed by atoms with Crippen LogP contribution in [0.15, 0.2) is 35.5 Å². The average Bonchev–Trinajstić information content (AvgIpc) is 3.01. The van der Waals surface area contributed by atoms with Gasteiger partial charge in [-0.15, -0.1) is 23.1 Å². The van der Waals surface area contributed by atoms with Gasteiger partial charge in [0.1, 0.15) is 10.7 Å². The zero-order valence-electron chi connectivity index (χ0n) is 11.0. The summed E-state index contributed by atoms with van der Waals surface area (Å²) in [5, 5.41) is 13.8. The van der Waals surface area contributed by atoms with Gasteiger partial charge in [0.15, 0.2) is 0 Å². The van der Waals surface area contributed by atoms with Gasteiger partial charge in [-0.3, -0.25) is 4.68 Å². The smallest absolute Gasteiger partial charge is 0.346 e. The van der Waals surface area contributed by atoms with Gasteiger partial charge in [0.05, 0.1) is 6.20 Å². The standard InChI is InChI=1S/C14H11FN2O2S2/c1-17-6-8(5-16-17)20-7-9-12-10(15)3-2-4-11(12)21-13(9)14(18)19/h2-6H,7H2,1H3,(H,18,19). The summed E-state index contributed by atoms with van der Waals surface area (Å²) in [5.41, 5.74) is 0.537. The normalized spacial score (nSPS) is 11.1. The number of benzene rings is 1. The molecule has 0 spiro atoms. The Morgan fingerprint density at radius 2 is 2.33 bits per heavy atom. The largest absolute Gasteiger partial charge is 0.477 e. The third-order valence-electron chi connectivity index (χ3n) is 3.02. The van der Waals surface area contributed by atoms with E-state index in [1.165, 1.54) is 17.8 Å². The summed E-state index contributed by atoms with van der Waals surface area (Å²) in [4.78, 5) is 12.5. The first-order chi connectivity index (χ1) is 10.1.